The lowest BCUT2D eigenvalue weighted by molar-refractivity contribution is 0.0964. The molecule has 4 heterocycles. The summed E-state index contributed by atoms with van der Waals surface area (Å²) in [6.07, 6.45) is 1.00. The zero-order valence-corrected chi connectivity index (χ0v) is 15.0. The van der Waals surface area contributed by atoms with Crippen LogP contribution in [0.1, 0.15) is 0 Å². The molecule has 0 radical (unpaired) electrons. The summed E-state index contributed by atoms with van der Waals surface area (Å²) >= 11 is 1.96. The normalized spacial score (nSPS) is 26.3. The number of hydrazine groups is 1. The van der Waals surface area contributed by atoms with Crippen molar-refractivity contribution in [3.8, 4) is 0 Å². The van der Waals surface area contributed by atoms with Gasteiger partial charge in [-0.1, -0.05) is 0 Å². The summed E-state index contributed by atoms with van der Waals surface area (Å²) in [6.45, 7) is 3.37. The van der Waals surface area contributed by atoms with Gasteiger partial charge in [-0.2, -0.15) is 16.9 Å². The minimum Gasteiger partial charge on any atom is -0.442 e. The Bertz CT molecular complexity index is 764. The fourth-order valence-corrected chi connectivity index (χ4v) is 5.03. The fraction of sp³-hybridized carbons (Fsp3) is 0.529. The third kappa shape index (κ3) is 2.69. The van der Waals surface area contributed by atoms with Gasteiger partial charge in [0.05, 0.1) is 31.0 Å². The zero-order valence-electron chi connectivity index (χ0n) is 14.2. The monoisotopic (exact) mass is 377 g/mol. The van der Waals surface area contributed by atoms with Gasteiger partial charge in [-0.05, 0) is 18.2 Å². The first-order valence-electron chi connectivity index (χ1n) is 8.76. The molecule has 0 bridgehead atoms. The van der Waals surface area contributed by atoms with Gasteiger partial charge in [-0.3, -0.25) is 4.90 Å². The molecule has 1 atom stereocenters. The van der Waals surface area contributed by atoms with E-state index in [1.807, 2.05) is 11.8 Å². The van der Waals surface area contributed by atoms with Gasteiger partial charge in [0, 0.05) is 36.2 Å². The summed E-state index contributed by atoms with van der Waals surface area (Å²) in [5.41, 5.74) is 4.61. The fourth-order valence-electron chi connectivity index (χ4n) is 3.89. The first-order chi connectivity index (χ1) is 12.6. The van der Waals surface area contributed by atoms with Crippen molar-refractivity contribution in [3.05, 3.63) is 24.0 Å². The molecule has 3 saturated heterocycles. The lowest BCUT2D eigenvalue weighted by Crippen LogP contribution is -2.63. The molecule has 1 aromatic rings. The van der Waals surface area contributed by atoms with Crippen LogP contribution in [-0.2, 0) is 4.74 Å². The highest BCUT2D eigenvalue weighted by Crippen LogP contribution is 2.47. The van der Waals surface area contributed by atoms with E-state index in [1.165, 1.54) is 22.5 Å². The van der Waals surface area contributed by atoms with Crippen molar-refractivity contribution in [1.29, 1.82) is 0 Å². The summed E-state index contributed by atoms with van der Waals surface area (Å²) < 4.78 is 20.0. The van der Waals surface area contributed by atoms with Crippen molar-refractivity contribution >= 4 is 35.4 Å². The van der Waals surface area contributed by atoms with Gasteiger partial charge in [0.2, 0.25) is 0 Å². The number of thioether (sulfide) groups is 1. The summed E-state index contributed by atoms with van der Waals surface area (Å²) in [5.74, 6) is 2.08. The van der Waals surface area contributed by atoms with Gasteiger partial charge >= 0.3 is 6.09 Å². The summed E-state index contributed by atoms with van der Waals surface area (Å²) in [5, 5.41) is 5.78. The molecule has 7 nitrogen and oxygen atoms in total. The maximum Gasteiger partial charge on any atom is 0.414 e. The number of hydrogen-bond donors (Lipinski definition) is 1. The number of anilines is 2. The number of nitrogens with zero attached hydrogens (tertiary/aromatic N) is 4. The van der Waals surface area contributed by atoms with Crippen LogP contribution in [0.2, 0.25) is 0 Å². The van der Waals surface area contributed by atoms with Crippen LogP contribution in [0.4, 0.5) is 20.6 Å². The maximum absolute atomic E-state index is 14.6. The van der Waals surface area contributed by atoms with Gasteiger partial charge in [0.1, 0.15) is 11.9 Å². The molecular weight excluding hydrogens is 357 g/mol. The third-order valence-electron chi connectivity index (χ3n) is 5.29. The van der Waals surface area contributed by atoms with E-state index >= 15 is 0 Å². The Kier molecular flexibility index (Phi) is 3.75. The third-order valence-corrected chi connectivity index (χ3v) is 6.92. The molecule has 1 spiro atoms. The molecule has 1 N–H and O–H groups in total. The van der Waals surface area contributed by atoms with Crippen LogP contribution in [0, 0.1) is 11.2 Å². The smallest absolute Gasteiger partial charge is 0.414 e. The van der Waals surface area contributed by atoms with Crippen LogP contribution in [0.3, 0.4) is 0 Å². The minimum absolute atomic E-state index is 0.286. The molecule has 0 aromatic heterocycles. The molecule has 5 rings (SSSR count). The Morgan fingerprint density at radius 3 is 2.88 bits per heavy atom. The maximum atomic E-state index is 14.6. The number of carbonyl (C=O) groups is 1. The molecule has 4 aliphatic heterocycles. The largest absolute Gasteiger partial charge is 0.442 e. The Morgan fingerprint density at radius 1 is 1.38 bits per heavy atom. The molecule has 26 heavy (non-hydrogen) atoms. The SMILES string of the molecule is O=C1O[C@@H](CN2N=CCN2)CN1c1ccc(N2CC3(CSC3)C2)c(F)c1. The van der Waals surface area contributed by atoms with Crippen LogP contribution in [-0.4, -0.2) is 67.8 Å². The highest BCUT2D eigenvalue weighted by atomic mass is 32.2. The highest BCUT2D eigenvalue weighted by molar-refractivity contribution is 8.00. The van der Waals surface area contributed by atoms with Crippen molar-refractivity contribution in [2.45, 2.75) is 6.10 Å². The zero-order chi connectivity index (χ0) is 17.7. The van der Waals surface area contributed by atoms with Crippen LogP contribution in [0.25, 0.3) is 0 Å². The highest BCUT2D eigenvalue weighted by Gasteiger charge is 2.48. The molecule has 0 saturated carbocycles. The van der Waals surface area contributed by atoms with E-state index in [0.29, 0.717) is 36.4 Å². The number of hydrogen-bond acceptors (Lipinski definition) is 7. The Hall–Kier alpha value is -2.00. The number of halogens is 1. The van der Waals surface area contributed by atoms with Gasteiger partial charge in [0.25, 0.3) is 0 Å². The first kappa shape index (κ1) is 16.2. The number of cyclic esters (lactones) is 1. The molecule has 1 amide bonds. The number of nitrogens with one attached hydrogen (secondary N) is 1. The van der Waals surface area contributed by atoms with E-state index in [4.69, 9.17) is 4.74 Å². The van der Waals surface area contributed by atoms with Crippen molar-refractivity contribution < 1.29 is 13.9 Å². The molecular formula is C17H20FN5O2S. The van der Waals surface area contributed by atoms with Gasteiger partial charge in [0.15, 0.2) is 0 Å². The summed E-state index contributed by atoms with van der Waals surface area (Å²) in [6, 6.07) is 5.01. The molecule has 4 aliphatic rings. The van der Waals surface area contributed by atoms with Crippen molar-refractivity contribution in [2.75, 3.05) is 54.0 Å². The quantitative estimate of drug-likeness (QED) is 0.858. The summed E-state index contributed by atoms with van der Waals surface area (Å²) in [7, 11) is 0. The second-order valence-corrected chi connectivity index (χ2v) is 8.33. The Balaban J connectivity index is 1.25. The van der Waals surface area contributed by atoms with E-state index in [2.05, 4.69) is 15.4 Å². The second-order valence-electron chi connectivity index (χ2n) is 7.34. The van der Waals surface area contributed by atoms with Gasteiger partial charge in [-0.15, -0.1) is 0 Å². The Labute approximate surface area is 155 Å². The van der Waals surface area contributed by atoms with Crippen molar-refractivity contribution in [1.82, 2.24) is 10.5 Å². The van der Waals surface area contributed by atoms with Gasteiger partial charge < -0.3 is 9.64 Å². The first-order valence-corrected chi connectivity index (χ1v) is 9.91. The van der Waals surface area contributed by atoms with Crippen LogP contribution in [0.15, 0.2) is 23.3 Å². The van der Waals surface area contributed by atoms with Crippen LogP contribution >= 0.6 is 11.8 Å². The molecule has 0 unspecified atom stereocenters. The van der Waals surface area contributed by atoms with Crippen LogP contribution in [0.5, 0.6) is 0 Å². The average Bonchev–Trinajstić information content (AvgIpc) is 3.16. The molecule has 0 aliphatic carbocycles. The van der Waals surface area contributed by atoms with Gasteiger partial charge in [-0.25, -0.2) is 19.7 Å². The molecule has 1 aromatic carbocycles. The predicted octanol–water partition coefficient (Wildman–Crippen LogP) is 1.51. The van der Waals surface area contributed by atoms with E-state index in [9.17, 15) is 9.18 Å². The van der Waals surface area contributed by atoms with Crippen molar-refractivity contribution in [3.63, 3.8) is 0 Å². The topological polar surface area (TPSA) is 60.4 Å². The summed E-state index contributed by atoms with van der Waals surface area (Å²) in [4.78, 5) is 15.7. The number of amides is 1. The van der Waals surface area contributed by atoms with Crippen molar-refractivity contribution in [2.24, 2.45) is 10.5 Å². The number of rotatable bonds is 4. The number of ether oxygens (including phenoxy) is 1. The molecule has 9 heteroatoms. The number of hydrazone groups is 1. The van der Waals surface area contributed by atoms with E-state index in [0.717, 1.165) is 13.1 Å². The number of benzene rings is 1. The van der Waals surface area contributed by atoms with E-state index in [1.54, 1.807) is 23.5 Å². The minimum atomic E-state index is -0.445. The molecule has 3 fully saturated rings. The predicted molar refractivity (Wildman–Crippen MR) is 99.2 cm³/mol. The average molecular weight is 377 g/mol. The lowest BCUT2D eigenvalue weighted by atomic mass is 9.82. The Morgan fingerprint density at radius 2 is 2.23 bits per heavy atom. The van der Waals surface area contributed by atoms with E-state index in [-0.39, 0.29) is 11.9 Å². The standard InChI is InChI=1S/C17H20FN5O2S/c18-14-5-12(1-2-15(14)21-8-17(9-21)10-26-11-17)22-6-13(25-16(22)24)7-23-19-3-4-20-23/h1-3,5,13,20H,4,6-11H2/t13-/m1/s1. The lowest BCUT2D eigenvalue weighted by Gasteiger charge is -2.56. The second kappa shape index (κ2) is 6.02. The number of carbonyl (C=O) groups excluding carboxylic acids is 1. The van der Waals surface area contributed by atoms with Crippen LogP contribution < -0.4 is 15.2 Å². The van der Waals surface area contributed by atoms with E-state index < -0.39 is 6.09 Å². The molecule has 138 valence electrons.